The number of nitrogens with zero attached hydrogens (tertiary/aromatic N) is 2. The highest BCUT2D eigenvalue weighted by atomic mass is 19.4. The van der Waals surface area contributed by atoms with E-state index in [0.717, 1.165) is 10.9 Å². The van der Waals surface area contributed by atoms with Gasteiger partial charge in [0.1, 0.15) is 5.82 Å². The highest BCUT2D eigenvalue weighted by molar-refractivity contribution is 5.80. The predicted molar refractivity (Wildman–Crippen MR) is 77.0 cm³/mol. The number of nitrogen functional groups attached to an aromatic ring is 2. The van der Waals surface area contributed by atoms with Crippen molar-refractivity contribution < 1.29 is 13.2 Å². The lowest BCUT2D eigenvalue weighted by Crippen LogP contribution is -2.17. The monoisotopic (exact) mass is 307 g/mol. The summed E-state index contributed by atoms with van der Waals surface area (Å²) in [6.07, 6.45) is -2.91. The fraction of sp³-hybridized carbons (Fsp3) is 0.143. The van der Waals surface area contributed by atoms with Crippen LogP contribution in [0.25, 0.3) is 10.9 Å². The van der Waals surface area contributed by atoms with Gasteiger partial charge in [0, 0.05) is 23.7 Å². The van der Waals surface area contributed by atoms with Crippen molar-refractivity contribution in [3.05, 3.63) is 47.3 Å². The third kappa shape index (κ3) is 2.54. The van der Waals surface area contributed by atoms with Crippen LogP contribution in [0.5, 0.6) is 0 Å². The van der Waals surface area contributed by atoms with Gasteiger partial charge in [0.15, 0.2) is 5.69 Å². The van der Waals surface area contributed by atoms with Crippen molar-refractivity contribution in [2.75, 3.05) is 11.5 Å². The number of rotatable bonds is 2. The lowest BCUT2D eigenvalue weighted by molar-refractivity contribution is -0.141. The van der Waals surface area contributed by atoms with Gasteiger partial charge in [0.05, 0.1) is 0 Å². The van der Waals surface area contributed by atoms with Crippen LogP contribution < -0.4 is 11.5 Å². The van der Waals surface area contributed by atoms with E-state index in [1.165, 1.54) is 0 Å². The molecule has 1 aromatic carbocycles. The van der Waals surface area contributed by atoms with Crippen LogP contribution in [-0.4, -0.2) is 15.0 Å². The van der Waals surface area contributed by atoms with Crippen LogP contribution in [0.15, 0.2) is 30.5 Å². The molecular weight excluding hydrogens is 295 g/mol. The number of alkyl halides is 3. The molecule has 0 saturated heterocycles. The van der Waals surface area contributed by atoms with E-state index in [9.17, 15) is 13.2 Å². The van der Waals surface area contributed by atoms with E-state index in [1.807, 2.05) is 6.07 Å². The van der Waals surface area contributed by atoms with Crippen molar-refractivity contribution in [1.29, 1.82) is 0 Å². The van der Waals surface area contributed by atoms with Gasteiger partial charge in [-0.05, 0) is 29.1 Å². The van der Waals surface area contributed by atoms with Crippen LogP contribution in [0, 0.1) is 0 Å². The molecule has 5 N–H and O–H groups in total. The zero-order chi connectivity index (χ0) is 15.9. The third-order valence-electron chi connectivity index (χ3n) is 3.32. The molecule has 0 fully saturated rings. The van der Waals surface area contributed by atoms with E-state index >= 15 is 0 Å². The number of nitrogens with one attached hydrogen (secondary N) is 1. The van der Waals surface area contributed by atoms with Crippen LogP contribution in [-0.2, 0) is 12.6 Å². The van der Waals surface area contributed by atoms with Crippen LogP contribution in [0.4, 0.5) is 24.9 Å². The summed E-state index contributed by atoms with van der Waals surface area (Å²) >= 11 is 0. The molecule has 8 heteroatoms. The topological polar surface area (TPSA) is 93.6 Å². The summed E-state index contributed by atoms with van der Waals surface area (Å²) in [7, 11) is 0. The van der Waals surface area contributed by atoms with Crippen LogP contribution in [0.3, 0.4) is 0 Å². The smallest absolute Gasteiger partial charge is 0.383 e. The van der Waals surface area contributed by atoms with Crippen LogP contribution in [0.1, 0.15) is 16.8 Å². The Bertz CT molecular complexity index is 838. The minimum Gasteiger partial charge on any atom is -0.383 e. The molecule has 0 atom stereocenters. The first-order valence-electron chi connectivity index (χ1n) is 6.39. The van der Waals surface area contributed by atoms with Gasteiger partial charge in [-0.25, -0.2) is 4.98 Å². The number of nitrogens with two attached hydrogens (primary N) is 2. The number of anilines is 2. The minimum atomic E-state index is -4.64. The van der Waals surface area contributed by atoms with Crippen molar-refractivity contribution in [3.8, 4) is 0 Å². The maximum Gasteiger partial charge on any atom is 0.433 e. The molecule has 3 rings (SSSR count). The van der Waals surface area contributed by atoms with Crippen molar-refractivity contribution in [1.82, 2.24) is 15.0 Å². The van der Waals surface area contributed by atoms with Crippen molar-refractivity contribution >= 4 is 22.7 Å². The zero-order valence-corrected chi connectivity index (χ0v) is 11.3. The first-order valence-corrected chi connectivity index (χ1v) is 6.39. The Morgan fingerprint density at radius 3 is 2.59 bits per heavy atom. The minimum absolute atomic E-state index is 0.0257. The largest absolute Gasteiger partial charge is 0.433 e. The molecule has 0 saturated carbocycles. The Hall–Kier alpha value is -2.77. The van der Waals surface area contributed by atoms with Gasteiger partial charge < -0.3 is 16.5 Å². The molecule has 0 radical (unpaired) electrons. The highest BCUT2D eigenvalue weighted by Crippen LogP contribution is 2.34. The Balaban J connectivity index is 2.07. The molecule has 22 heavy (non-hydrogen) atoms. The Kier molecular flexibility index (Phi) is 3.16. The second-order valence-electron chi connectivity index (χ2n) is 4.87. The van der Waals surface area contributed by atoms with Gasteiger partial charge in [-0.15, -0.1) is 0 Å². The van der Waals surface area contributed by atoms with Gasteiger partial charge in [0.2, 0.25) is 5.95 Å². The average Bonchev–Trinajstić information content (AvgIpc) is 2.87. The summed E-state index contributed by atoms with van der Waals surface area (Å²) in [6.45, 7) is 0. The van der Waals surface area contributed by atoms with E-state index in [4.69, 9.17) is 11.5 Å². The first-order chi connectivity index (χ1) is 10.3. The number of benzene rings is 1. The number of aromatic amines is 1. The average molecular weight is 307 g/mol. The number of H-pyrrole nitrogens is 1. The van der Waals surface area contributed by atoms with E-state index in [1.54, 1.807) is 24.4 Å². The number of halogens is 3. The molecule has 0 unspecified atom stereocenters. The number of aromatic nitrogens is 3. The molecule has 5 nitrogen and oxygen atoms in total. The molecule has 0 aliphatic rings. The maximum absolute atomic E-state index is 13.1. The van der Waals surface area contributed by atoms with Gasteiger partial charge >= 0.3 is 6.18 Å². The highest BCUT2D eigenvalue weighted by Gasteiger charge is 2.37. The van der Waals surface area contributed by atoms with E-state index in [2.05, 4.69) is 15.0 Å². The second-order valence-corrected chi connectivity index (χ2v) is 4.87. The quantitative estimate of drug-likeness (QED) is 0.678. The SMILES string of the molecule is Nc1nc(N)c(Cc2ccc3[nH]ccc3c2)c(C(F)(F)F)n1. The standard InChI is InChI=1S/C14H12F3N5/c15-14(16,17)11-9(12(18)22-13(19)21-11)6-7-1-2-10-8(5-7)3-4-20-10/h1-5,20H,6H2,(H4,18,19,21,22). The molecule has 0 amide bonds. The molecule has 2 heterocycles. The van der Waals surface area contributed by atoms with Crippen molar-refractivity contribution in [3.63, 3.8) is 0 Å². The summed E-state index contributed by atoms with van der Waals surface area (Å²) < 4.78 is 39.3. The fourth-order valence-electron chi connectivity index (χ4n) is 2.34. The van der Waals surface area contributed by atoms with Gasteiger partial charge in [-0.2, -0.15) is 18.2 Å². The number of hydrogen-bond acceptors (Lipinski definition) is 4. The van der Waals surface area contributed by atoms with Gasteiger partial charge in [-0.1, -0.05) is 6.07 Å². The van der Waals surface area contributed by atoms with E-state index in [0.29, 0.717) is 5.56 Å². The number of fused-ring (bicyclic) bond motifs is 1. The lowest BCUT2D eigenvalue weighted by atomic mass is 10.0. The lowest BCUT2D eigenvalue weighted by Gasteiger charge is -2.14. The molecule has 0 aliphatic heterocycles. The molecule has 0 aliphatic carbocycles. The summed E-state index contributed by atoms with van der Waals surface area (Å²) in [5, 5.41) is 0.904. The van der Waals surface area contributed by atoms with Gasteiger partial charge in [0.25, 0.3) is 0 Å². The Morgan fingerprint density at radius 2 is 1.86 bits per heavy atom. The van der Waals surface area contributed by atoms with Crippen LogP contribution >= 0.6 is 0 Å². The molecule has 0 bridgehead atoms. The van der Waals surface area contributed by atoms with Crippen LogP contribution in [0.2, 0.25) is 0 Å². The molecule has 3 aromatic rings. The number of hydrogen-bond donors (Lipinski definition) is 3. The summed E-state index contributed by atoms with van der Waals surface area (Å²) in [5.41, 5.74) is 11.2. The predicted octanol–water partition coefficient (Wildman–Crippen LogP) is 2.73. The normalized spacial score (nSPS) is 12.0. The van der Waals surface area contributed by atoms with E-state index in [-0.39, 0.29) is 17.8 Å². The first kappa shape index (κ1) is 14.2. The van der Waals surface area contributed by atoms with Crippen molar-refractivity contribution in [2.24, 2.45) is 0 Å². The molecule has 114 valence electrons. The zero-order valence-electron chi connectivity index (χ0n) is 11.3. The van der Waals surface area contributed by atoms with Crippen molar-refractivity contribution in [2.45, 2.75) is 12.6 Å². The Labute approximate surface area is 123 Å². The maximum atomic E-state index is 13.1. The summed E-state index contributed by atoms with van der Waals surface area (Å²) in [6, 6.07) is 7.16. The third-order valence-corrected chi connectivity index (χ3v) is 3.32. The van der Waals surface area contributed by atoms with E-state index < -0.39 is 17.8 Å². The fourth-order valence-corrected chi connectivity index (χ4v) is 2.34. The van der Waals surface area contributed by atoms with Gasteiger partial charge in [-0.3, -0.25) is 0 Å². The molecular formula is C14H12F3N5. The molecule has 0 spiro atoms. The summed E-state index contributed by atoms with van der Waals surface area (Å²) in [4.78, 5) is 9.96. The Morgan fingerprint density at radius 1 is 1.09 bits per heavy atom. The summed E-state index contributed by atoms with van der Waals surface area (Å²) in [5.74, 6) is -0.747. The second kappa shape index (κ2) is 4.90. The molecule has 2 aromatic heterocycles.